The lowest BCUT2D eigenvalue weighted by molar-refractivity contribution is 0.248. The maximum Gasteiger partial charge on any atom is 0.338 e. The largest absolute Gasteiger partial charge is 0.399 e. The third kappa shape index (κ3) is 2.08. The summed E-state index contributed by atoms with van der Waals surface area (Å²) in [6.45, 7) is 1.92. The van der Waals surface area contributed by atoms with Crippen LogP contribution in [0.25, 0.3) is 0 Å². The maximum absolute atomic E-state index is 12.2. The van der Waals surface area contributed by atoms with Gasteiger partial charge in [-0.3, -0.25) is 0 Å². The first-order valence-electron chi connectivity index (χ1n) is 6.40. The summed E-state index contributed by atoms with van der Waals surface area (Å²) in [6, 6.07) is 16.7. The normalized spacial score (nSPS) is 21.9. The number of urea groups is 1. The first-order valence-corrected chi connectivity index (χ1v) is 6.40. The van der Waals surface area contributed by atoms with E-state index in [9.17, 15) is 4.79 Å². The molecule has 4 N–H and O–H groups in total. The number of nitrogen functional groups attached to an aromatic ring is 1. The van der Waals surface area contributed by atoms with Crippen LogP contribution in [0.2, 0.25) is 0 Å². The quantitative estimate of drug-likeness (QED) is 0.731. The van der Waals surface area contributed by atoms with Gasteiger partial charge in [-0.25, -0.2) is 9.80 Å². The zero-order valence-electron chi connectivity index (χ0n) is 11.1. The highest BCUT2D eigenvalue weighted by molar-refractivity contribution is 5.93. The standard InChI is InChI=1S/C15H16N4O/c1-15(11-7-9-12(16)10-8-11)17-14(20)19(18-15)13-5-3-2-4-6-13/h2-10,18H,16H2,1H3,(H,17,20)/t15-/m1/s1. The Hall–Kier alpha value is -2.53. The van der Waals surface area contributed by atoms with Crippen LogP contribution in [0.1, 0.15) is 12.5 Å². The molecule has 2 amide bonds. The summed E-state index contributed by atoms with van der Waals surface area (Å²) in [4.78, 5) is 12.2. The molecule has 1 aliphatic heterocycles. The molecule has 0 bridgehead atoms. The average molecular weight is 268 g/mol. The molecule has 0 spiro atoms. The second-order valence-corrected chi connectivity index (χ2v) is 4.96. The van der Waals surface area contributed by atoms with Crippen LogP contribution in [0.4, 0.5) is 16.2 Å². The molecule has 0 unspecified atom stereocenters. The van der Waals surface area contributed by atoms with Crippen LogP contribution >= 0.6 is 0 Å². The van der Waals surface area contributed by atoms with Gasteiger partial charge >= 0.3 is 6.03 Å². The number of nitrogens with two attached hydrogens (primary N) is 1. The van der Waals surface area contributed by atoms with Crippen LogP contribution in [-0.4, -0.2) is 6.03 Å². The summed E-state index contributed by atoms with van der Waals surface area (Å²) in [6.07, 6.45) is 0. The van der Waals surface area contributed by atoms with Crippen molar-refractivity contribution in [2.24, 2.45) is 0 Å². The van der Waals surface area contributed by atoms with E-state index >= 15 is 0 Å². The Morgan fingerprint density at radius 2 is 1.70 bits per heavy atom. The second-order valence-electron chi connectivity index (χ2n) is 4.96. The summed E-state index contributed by atoms with van der Waals surface area (Å²) >= 11 is 0. The van der Waals surface area contributed by atoms with E-state index < -0.39 is 5.66 Å². The summed E-state index contributed by atoms with van der Waals surface area (Å²) in [7, 11) is 0. The molecule has 20 heavy (non-hydrogen) atoms. The Morgan fingerprint density at radius 1 is 1.05 bits per heavy atom. The van der Waals surface area contributed by atoms with E-state index in [-0.39, 0.29) is 6.03 Å². The molecule has 0 saturated carbocycles. The van der Waals surface area contributed by atoms with Crippen molar-refractivity contribution in [2.75, 3.05) is 10.7 Å². The number of rotatable bonds is 2. The predicted molar refractivity (Wildman–Crippen MR) is 78.8 cm³/mol. The lowest BCUT2D eigenvalue weighted by atomic mass is 10.0. The van der Waals surface area contributed by atoms with Gasteiger partial charge in [-0.2, -0.15) is 5.43 Å². The van der Waals surface area contributed by atoms with Gasteiger partial charge in [0, 0.05) is 5.69 Å². The van der Waals surface area contributed by atoms with Gasteiger partial charge in [0.05, 0.1) is 5.69 Å². The van der Waals surface area contributed by atoms with Crippen molar-refractivity contribution in [3.05, 3.63) is 60.2 Å². The highest BCUT2D eigenvalue weighted by atomic mass is 16.2. The third-order valence-electron chi connectivity index (χ3n) is 3.40. The van der Waals surface area contributed by atoms with Crippen molar-refractivity contribution in [2.45, 2.75) is 12.6 Å². The molecule has 0 aliphatic carbocycles. The van der Waals surface area contributed by atoms with Crippen molar-refractivity contribution in [1.82, 2.24) is 10.7 Å². The molecular formula is C15H16N4O. The zero-order valence-corrected chi connectivity index (χ0v) is 11.1. The van der Waals surface area contributed by atoms with E-state index in [0.29, 0.717) is 5.69 Å². The molecular weight excluding hydrogens is 252 g/mol. The van der Waals surface area contributed by atoms with Gasteiger partial charge < -0.3 is 11.1 Å². The highest BCUT2D eigenvalue weighted by Crippen LogP contribution is 2.26. The van der Waals surface area contributed by atoms with Crippen LogP contribution in [0.15, 0.2) is 54.6 Å². The summed E-state index contributed by atoms with van der Waals surface area (Å²) in [5.41, 5.74) is 10.7. The summed E-state index contributed by atoms with van der Waals surface area (Å²) in [5.74, 6) is 0. The van der Waals surface area contributed by atoms with Crippen LogP contribution in [0.3, 0.4) is 0 Å². The van der Waals surface area contributed by atoms with E-state index in [1.807, 2.05) is 61.5 Å². The van der Waals surface area contributed by atoms with Gasteiger partial charge in [-0.1, -0.05) is 30.3 Å². The van der Waals surface area contributed by atoms with Crippen molar-refractivity contribution in [3.63, 3.8) is 0 Å². The zero-order chi connectivity index (χ0) is 14.2. The van der Waals surface area contributed by atoms with Crippen molar-refractivity contribution in [1.29, 1.82) is 0 Å². The lowest BCUT2D eigenvalue weighted by Crippen LogP contribution is -2.45. The minimum absolute atomic E-state index is 0.185. The molecule has 5 nitrogen and oxygen atoms in total. The van der Waals surface area contributed by atoms with Gasteiger partial charge in [0.1, 0.15) is 5.66 Å². The van der Waals surface area contributed by atoms with Crippen LogP contribution in [-0.2, 0) is 5.66 Å². The van der Waals surface area contributed by atoms with Crippen LogP contribution < -0.4 is 21.5 Å². The fraction of sp³-hybridized carbons (Fsp3) is 0.133. The summed E-state index contributed by atoms with van der Waals surface area (Å²) in [5, 5.41) is 4.46. The number of carbonyl (C=O) groups excluding carboxylic acids is 1. The van der Waals surface area contributed by atoms with Gasteiger partial charge in [0.25, 0.3) is 0 Å². The van der Waals surface area contributed by atoms with Gasteiger partial charge in [-0.05, 0) is 36.8 Å². The fourth-order valence-electron chi connectivity index (χ4n) is 2.28. The van der Waals surface area contributed by atoms with Gasteiger partial charge in [0.15, 0.2) is 0 Å². The number of benzene rings is 2. The fourth-order valence-corrected chi connectivity index (χ4v) is 2.28. The van der Waals surface area contributed by atoms with Crippen molar-refractivity contribution >= 4 is 17.4 Å². The molecule has 1 aliphatic rings. The number of para-hydroxylation sites is 1. The molecule has 0 radical (unpaired) electrons. The number of hydrazine groups is 1. The molecule has 102 valence electrons. The number of hydrogen-bond donors (Lipinski definition) is 3. The number of anilines is 2. The van der Waals surface area contributed by atoms with E-state index in [0.717, 1.165) is 11.3 Å². The van der Waals surface area contributed by atoms with Gasteiger partial charge in [-0.15, -0.1) is 0 Å². The predicted octanol–water partition coefficient (Wildman–Crippen LogP) is 2.18. The minimum Gasteiger partial charge on any atom is -0.399 e. The van der Waals surface area contributed by atoms with Crippen molar-refractivity contribution < 1.29 is 4.79 Å². The SMILES string of the molecule is C[C@@]1(c2ccc(N)cc2)NC(=O)N(c2ccccc2)N1. The van der Waals surface area contributed by atoms with Crippen LogP contribution in [0.5, 0.6) is 0 Å². The first-order chi connectivity index (χ1) is 9.58. The Morgan fingerprint density at radius 3 is 2.35 bits per heavy atom. The number of nitrogens with zero attached hydrogens (tertiary/aromatic N) is 1. The topological polar surface area (TPSA) is 70.4 Å². The number of amides is 2. The van der Waals surface area contributed by atoms with E-state index in [1.54, 1.807) is 0 Å². The Bertz CT molecular complexity index is 626. The smallest absolute Gasteiger partial charge is 0.338 e. The maximum atomic E-state index is 12.2. The van der Waals surface area contributed by atoms with E-state index in [4.69, 9.17) is 5.73 Å². The molecule has 2 aromatic rings. The highest BCUT2D eigenvalue weighted by Gasteiger charge is 2.40. The van der Waals surface area contributed by atoms with Gasteiger partial charge in [0.2, 0.25) is 0 Å². The minimum atomic E-state index is -0.652. The molecule has 1 heterocycles. The van der Waals surface area contributed by atoms with Crippen LogP contribution in [0, 0.1) is 0 Å². The molecule has 3 rings (SSSR count). The first kappa shape index (κ1) is 12.5. The van der Waals surface area contributed by atoms with Crippen molar-refractivity contribution in [3.8, 4) is 0 Å². The third-order valence-corrected chi connectivity index (χ3v) is 3.40. The molecule has 1 atom stereocenters. The molecule has 5 heteroatoms. The Balaban J connectivity index is 1.91. The summed E-state index contributed by atoms with van der Waals surface area (Å²) < 4.78 is 0. The molecule has 1 saturated heterocycles. The number of nitrogens with one attached hydrogen (secondary N) is 2. The average Bonchev–Trinajstić information content (AvgIpc) is 2.77. The monoisotopic (exact) mass is 268 g/mol. The Kier molecular flexibility index (Phi) is 2.84. The molecule has 1 fully saturated rings. The molecule has 0 aromatic heterocycles. The lowest BCUT2D eigenvalue weighted by Gasteiger charge is -2.25. The number of carbonyl (C=O) groups is 1. The Labute approximate surface area is 117 Å². The second kappa shape index (κ2) is 4.54. The molecule has 2 aromatic carbocycles. The van der Waals surface area contributed by atoms with E-state index in [2.05, 4.69) is 10.7 Å². The van der Waals surface area contributed by atoms with E-state index in [1.165, 1.54) is 5.01 Å². The number of hydrogen-bond acceptors (Lipinski definition) is 3.